The summed E-state index contributed by atoms with van der Waals surface area (Å²) in [6, 6.07) is 0.556. The molecule has 0 aromatic carbocycles. The highest BCUT2D eigenvalue weighted by Crippen LogP contribution is 2.37. The molecule has 150 valence electrons. The van der Waals surface area contributed by atoms with Crippen LogP contribution in [0.2, 0.25) is 0 Å². The van der Waals surface area contributed by atoms with Gasteiger partial charge in [0.25, 0.3) is 12.3 Å². The normalized spacial score (nSPS) is 20.4. The van der Waals surface area contributed by atoms with Crippen molar-refractivity contribution in [1.29, 1.82) is 0 Å². The predicted octanol–water partition coefficient (Wildman–Crippen LogP) is 4.28. The van der Waals surface area contributed by atoms with Gasteiger partial charge < -0.3 is 10.1 Å². The first-order chi connectivity index (χ1) is 12.6. The maximum atomic E-state index is 12.7. The third kappa shape index (κ3) is 5.57. The second-order valence-corrected chi connectivity index (χ2v) is 6.30. The zero-order chi connectivity index (χ0) is 20.2. The van der Waals surface area contributed by atoms with Gasteiger partial charge in [-0.15, -0.1) is 4.91 Å². The van der Waals surface area contributed by atoms with Crippen LogP contribution in [0, 0.1) is 17.7 Å². The van der Waals surface area contributed by atoms with Crippen LogP contribution in [0.1, 0.15) is 41.7 Å². The third-order valence-corrected chi connectivity index (χ3v) is 4.37. The molecule has 0 unspecified atom stereocenters. The number of alkyl halides is 5. The van der Waals surface area contributed by atoms with Crippen LogP contribution in [0.3, 0.4) is 0 Å². The molecule has 1 aromatic rings. The molecule has 1 fully saturated rings. The van der Waals surface area contributed by atoms with Crippen molar-refractivity contribution < 1.29 is 31.5 Å². The fraction of sp³-hybridized carbons (Fsp3) is 0.625. The van der Waals surface area contributed by atoms with Crippen LogP contribution in [-0.4, -0.2) is 36.1 Å². The van der Waals surface area contributed by atoms with E-state index < -0.39 is 37.1 Å². The Labute approximate surface area is 151 Å². The van der Waals surface area contributed by atoms with E-state index in [1.54, 1.807) is 0 Å². The van der Waals surface area contributed by atoms with Crippen molar-refractivity contribution in [2.24, 2.45) is 11.1 Å². The Morgan fingerprint density at radius 2 is 1.96 bits per heavy atom. The summed E-state index contributed by atoms with van der Waals surface area (Å²) in [6.07, 6.45) is -7.05. The van der Waals surface area contributed by atoms with Gasteiger partial charge in [-0.05, 0) is 43.9 Å². The molecule has 11 heteroatoms. The van der Waals surface area contributed by atoms with Gasteiger partial charge in [0, 0.05) is 6.04 Å². The van der Waals surface area contributed by atoms with Crippen molar-refractivity contribution in [3.63, 3.8) is 0 Å². The van der Waals surface area contributed by atoms with E-state index in [1.807, 2.05) is 0 Å². The Morgan fingerprint density at radius 1 is 1.33 bits per heavy atom. The molecule has 1 saturated carbocycles. The number of aromatic nitrogens is 1. The number of pyridine rings is 1. The molecule has 1 aliphatic rings. The number of nitrogens with one attached hydrogen (secondary N) is 1. The van der Waals surface area contributed by atoms with Crippen LogP contribution in [0.15, 0.2) is 11.2 Å². The molecule has 1 amide bonds. The first-order valence-corrected chi connectivity index (χ1v) is 8.25. The van der Waals surface area contributed by atoms with Gasteiger partial charge in [-0.1, -0.05) is 0 Å². The molecule has 27 heavy (non-hydrogen) atoms. The number of ether oxygens (including phenoxy) is 1. The van der Waals surface area contributed by atoms with E-state index >= 15 is 0 Å². The third-order valence-electron chi connectivity index (χ3n) is 4.37. The van der Waals surface area contributed by atoms with Crippen LogP contribution >= 0.6 is 0 Å². The van der Waals surface area contributed by atoms with Gasteiger partial charge >= 0.3 is 6.18 Å². The number of carbonyl (C=O) groups excluding carboxylic acids is 1. The van der Waals surface area contributed by atoms with Gasteiger partial charge in [-0.2, -0.15) is 13.2 Å². The van der Waals surface area contributed by atoms with E-state index in [-0.39, 0.29) is 48.5 Å². The van der Waals surface area contributed by atoms with Crippen LogP contribution in [-0.2, 0) is 0 Å². The molecular formula is C16H18F5N3O3. The second-order valence-electron chi connectivity index (χ2n) is 6.30. The maximum absolute atomic E-state index is 12.7. The minimum Gasteiger partial charge on any atom is -0.471 e. The standard InChI is InChI=1S/C16H18F5N3O3/c1-8-12(24-26)6-11(15(22-8)27-7-13(17)18)14(25)23-10-4-2-9(3-5-10)16(19,20)21/h6,9-10,13H,2-5,7H2,1H3,(H,23,25). The number of aryl methyl sites for hydroxylation is 1. The van der Waals surface area contributed by atoms with E-state index in [4.69, 9.17) is 4.74 Å². The molecule has 1 N–H and O–H groups in total. The SMILES string of the molecule is Cc1nc(OCC(F)F)c(C(=O)NC2CCC(C(F)(F)F)CC2)cc1N=O. The van der Waals surface area contributed by atoms with Gasteiger partial charge in [0.1, 0.15) is 11.3 Å². The molecule has 0 aliphatic heterocycles. The Kier molecular flexibility index (Phi) is 6.66. The highest BCUT2D eigenvalue weighted by molar-refractivity contribution is 5.97. The topological polar surface area (TPSA) is 80.7 Å². The van der Waals surface area contributed by atoms with E-state index in [0.717, 1.165) is 6.07 Å². The van der Waals surface area contributed by atoms with Crippen molar-refractivity contribution in [2.45, 2.75) is 51.3 Å². The average Bonchev–Trinajstić information content (AvgIpc) is 2.59. The minimum absolute atomic E-state index is 0.0940. The number of nitrogens with zero attached hydrogens (tertiary/aromatic N) is 2. The molecule has 6 nitrogen and oxygen atoms in total. The van der Waals surface area contributed by atoms with Gasteiger partial charge in [0.2, 0.25) is 5.88 Å². The predicted molar refractivity (Wildman–Crippen MR) is 85.2 cm³/mol. The van der Waals surface area contributed by atoms with Crippen molar-refractivity contribution in [3.8, 4) is 5.88 Å². The maximum Gasteiger partial charge on any atom is 0.391 e. The first-order valence-electron chi connectivity index (χ1n) is 8.25. The summed E-state index contributed by atoms with van der Waals surface area (Å²) in [4.78, 5) is 27.1. The molecule has 0 spiro atoms. The Morgan fingerprint density at radius 3 is 2.48 bits per heavy atom. The summed E-state index contributed by atoms with van der Waals surface area (Å²) >= 11 is 0. The zero-order valence-electron chi connectivity index (χ0n) is 14.4. The number of hydrogen-bond donors (Lipinski definition) is 1. The van der Waals surface area contributed by atoms with E-state index in [2.05, 4.69) is 15.5 Å². The van der Waals surface area contributed by atoms with E-state index in [1.165, 1.54) is 6.92 Å². The van der Waals surface area contributed by atoms with Crippen molar-refractivity contribution >= 4 is 11.6 Å². The fourth-order valence-electron chi connectivity index (χ4n) is 2.91. The van der Waals surface area contributed by atoms with Gasteiger partial charge in [-0.3, -0.25) is 4.79 Å². The second kappa shape index (κ2) is 8.57. The summed E-state index contributed by atoms with van der Waals surface area (Å²) in [5.41, 5.74) is -0.337. The molecule has 0 bridgehead atoms. The Bertz CT molecular complexity index is 689. The summed E-state index contributed by atoms with van der Waals surface area (Å²) < 4.78 is 67.7. The summed E-state index contributed by atoms with van der Waals surface area (Å²) in [5, 5.41) is 5.26. The summed E-state index contributed by atoms with van der Waals surface area (Å²) in [7, 11) is 0. The van der Waals surface area contributed by atoms with Crippen molar-refractivity contribution in [1.82, 2.24) is 10.3 Å². The summed E-state index contributed by atoms with van der Waals surface area (Å²) in [5.74, 6) is -2.56. The number of hydrogen-bond acceptors (Lipinski definition) is 5. The van der Waals surface area contributed by atoms with Gasteiger partial charge in [-0.25, -0.2) is 13.8 Å². The number of carbonyl (C=O) groups is 1. The lowest BCUT2D eigenvalue weighted by Gasteiger charge is -2.30. The Balaban J connectivity index is 2.11. The number of halogens is 5. The molecule has 1 aliphatic carbocycles. The highest BCUT2D eigenvalue weighted by atomic mass is 19.4. The van der Waals surface area contributed by atoms with Crippen LogP contribution in [0.25, 0.3) is 0 Å². The molecule has 0 radical (unpaired) electrons. The molecule has 1 aromatic heterocycles. The van der Waals surface area contributed by atoms with Crippen LogP contribution < -0.4 is 10.1 Å². The zero-order valence-corrected chi connectivity index (χ0v) is 14.4. The van der Waals surface area contributed by atoms with Crippen molar-refractivity contribution in [3.05, 3.63) is 22.2 Å². The molecular weight excluding hydrogens is 377 g/mol. The number of rotatable bonds is 6. The lowest BCUT2D eigenvalue weighted by atomic mass is 9.85. The molecule has 1 heterocycles. The first kappa shape index (κ1) is 21.0. The van der Waals surface area contributed by atoms with Crippen LogP contribution in [0.4, 0.5) is 27.6 Å². The van der Waals surface area contributed by atoms with Gasteiger partial charge in [0.15, 0.2) is 6.61 Å². The number of nitroso groups, excluding NO2 is 1. The average molecular weight is 395 g/mol. The lowest BCUT2D eigenvalue weighted by Crippen LogP contribution is -2.40. The lowest BCUT2D eigenvalue weighted by molar-refractivity contribution is -0.182. The molecule has 0 saturated heterocycles. The van der Waals surface area contributed by atoms with E-state index in [9.17, 15) is 31.7 Å². The fourth-order valence-corrected chi connectivity index (χ4v) is 2.91. The van der Waals surface area contributed by atoms with Crippen molar-refractivity contribution in [2.75, 3.05) is 6.61 Å². The molecule has 2 rings (SSSR count). The summed E-state index contributed by atoms with van der Waals surface area (Å²) in [6.45, 7) is 0.392. The smallest absolute Gasteiger partial charge is 0.391 e. The minimum atomic E-state index is -4.27. The van der Waals surface area contributed by atoms with Gasteiger partial charge in [0.05, 0.1) is 11.6 Å². The van der Waals surface area contributed by atoms with E-state index in [0.29, 0.717) is 0 Å². The highest BCUT2D eigenvalue weighted by Gasteiger charge is 2.41. The monoisotopic (exact) mass is 395 g/mol. The molecule has 0 atom stereocenters. The largest absolute Gasteiger partial charge is 0.471 e. The number of amides is 1. The Hall–Kier alpha value is -2.33. The van der Waals surface area contributed by atoms with Crippen LogP contribution in [0.5, 0.6) is 5.88 Å². The quantitative estimate of drug-likeness (QED) is 0.576.